The number of unbranched alkanes of at least 4 members (excludes halogenated alkanes) is 14. The van der Waals surface area contributed by atoms with E-state index >= 15 is 0 Å². The van der Waals surface area contributed by atoms with Crippen LogP contribution < -0.4 is 0 Å². The SMILES string of the molecule is CC/C=C\C/C=C\C/C=C\C/C=C\CCCCCC(=O)OCC(COC(=O)C/C=C\C/C=C\C/C=C\CC)OC(=O)CCCCCCCCCCCCCC. The van der Waals surface area contributed by atoms with Gasteiger partial charge in [0.25, 0.3) is 0 Å². The number of rotatable bonds is 38. The van der Waals surface area contributed by atoms with E-state index in [-0.39, 0.29) is 31.6 Å². The molecule has 0 bridgehead atoms. The quantitative estimate of drug-likeness (QED) is 0.0270. The van der Waals surface area contributed by atoms with Gasteiger partial charge in [0.05, 0.1) is 6.42 Å². The standard InChI is InChI=1S/C49H80O6/c1-4-7-10-13-16-19-21-23-24-25-26-28-30-33-36-39-42-48(51)54-45-46(44-53-47(50)41-38-35-32-29-18-15-12-9-6-3)55-49(52)43-40-37-34-31-27-22-20-17-14-11-8-5-2/h7,9-10,12,16,18-19,23-24,26,28-29,35,38,46H,4-6,8,11,13-15,17,20-22,25,27,30-34,36-37,39-45H2,1-3H3/b10-7-,12-9-,19-16-,24-23-,28-26-,29-18-,38-35-. The highest BCUT2D eigenvalue weighted by Crippen LogP contribution is 2.13. The van der Waals surface area contributed by atoms with Crippen LogP contribution in [0.15, 0.2) is 85.1 Å². The van der Waals surface area contributed by atoms with Crippen LogP contribution in [0.25, 0.3) is 0 Å². The van der Waals surface area contributed by atoms with Gasteiger partial charge in [-0.05, 0) is 70.6 Å². The van der Waals surface area contributed by atoms with Crippen molar-refractivity contribution in [3.8, 4) is 0 Å². The van der Waals surface area contributed by atoms with E-state index in [4.69, 9.17) is 14.2 Å². The average Bonchev–Trinajstić information content (AvgIpc) is 3.18. The minimum atomic E-state index is -0.820. The zero-order chi connectivity index (χ0) is 40.1. The van der Waals surface area contributed by atoms with E-state index < -0.39 is 12.1 Å². The number of ether oxygens (including phenoxy) is 3. The number of esters is 3. The van der Waals surface area contributed by atoms with Crippen LogP contribution >= 0.6 is 0 Å². The fraction of sp³-hybridized carbons (Fsp3) is 0.653. The second kappa shape index (κ2) is 43.3. The lowest BCUT2D eigenvalue weighted by Crippen LogP contribution is -2.30. The van der Waals surface area contributed by atoms with Crippen molar-refractivity contribution in [2.45, 2.75) is 194 Å². The van der Waals surface area contributed by atoms with E-state index in [2.05, 4.69) is 93.7 Å². The lowest BCUT2D eigenvalue weighted by Gasteiger charge is -2.18. The van der Waals surface area contributed by atoms with Crippen molar-refractivity contribution in [3.05, 3.63) is 85.1 Å². The number of allylic oxidation sites excluding steroid dienone is 13. The summed E-state index contributed by atoms with van der Waals surface area (Å²) in [6.07, 6.45) is 54.6. The maximum absolute atomic E-state index is 12.7. The van der Waals surface area contributed by atoms with Gasteiger partial charge in [-0.15, -0.1) is 0 Å². The Labute approximate surface area is 337 Å². The Morgan fingerprint density at radius 3 is 1.27 bits per heavy atom. The van der Waals surface area contributed by atoms with Crippen LogP contribution in [-0.4, -0.2) is 37.2 Å². The fourth-order valence-electron chi connectivity index (χ4n) is 5.67. The molecule has 0 aromatic rings. The first kappa shape index (κ1) is 51.6. The number of carbonyl (C=O) groups excluding carboxylic acids is 3. The van der Waals surface area contributed by atoms with Crippen LogP contribution in [0.2, 0.25) is 0 Å². The average molecular weight is 765 g/mol. The molecule has 0 saturated heterocycles. The molecule has 1 unspecified atom stereocenters. The molecule has 1 atom stereocenters. The highest BCUT2D eigenvalue weighted by Gasteiger charge is 2.19. The van der Waals surface area contributed by atoms with Gasteiger partial charge in [-0.2, -0.15) is 0 Å². The number of carbonyl (C=O) groups is 3. The van der Waals surface area contributed by atoms with Crippen LogP contribution in [-0.2, 0) is 28.6 Å². The van der Waals surface area contributed by atoms with Crippen molar-refractivity contribution in [3.63, 3.8) is 0 Å². The largest absolute Gasteiger partial charge is 0.462 e. The molecule has 0 aromatic carbocycles. The van der Waals surface area contributed by atoms with Crippen molar-refractivity contribution in [2.24, 2.45) is 0 Å². The van der Waals surface area contributed by atoms with Crippen molar-refractivity contribution < 1.29 is 28.6 Å². The molecule has 0 radical (unpaired) electrons. The third-order valence-corrected chi connectivity index (χ3v) is 8.93. The summed E-state index contributed by atoms with van der Waals surface area (Å²) in [5.41, 5.74) is 0. The molecule has 0 saturated carbocycles. The van der Waals surface area contributed by atoms with Gasteiger partial charge in [-0.25, -0.2) is 0 Å². The summed E-state index contributed by atoms with van der Waals surface area (Å²) in [6.45, 7) is 6.25. The smallest absolute Gasteiger partial charge is 0.309 e. The summed E-state index contributed by atoms with van der Waals surface area (Å²) in [5.74, 6) is -1.08. The molecule has 0 heterocycles. The predicted octanol–water partition coefficient (Wildman–Crippen LogP) is 14.1. The third-order valence-electron chi connectivity index (χ3n) is 8.93. The van der Waals surface area contributed by atoms with Crippen molar-refractivity contribution in [1.82, 2.24) is 0 Å². The third kappa shape index (κ3) is 41.6. The summed E-state index contributed by atoms with van der Waals surface area (Å²) < 4.78 is 16.5. The Hall–Kier alpha value is -3.41. The molecule has 0 fully saturated rings. The monoisotopic (exact) mass is 765 g/mol. The molecular weight excluding hydrogens is 685 g/mol. The summed E-state index contributed by atoms with van der Waals surface area (Å²) in [6, 6.07) is 0. The topological polar surface area (TPSA) is 78.9 Å². The zero-order valence-corrected chi connectivity index (χ0v) is 35.4. The minimum Gasteiger partial charge on any atom is -0.462 e. The van der Waals surface area contributed by atoms with Gasteiger partial charge < -0.3 is 14.2 Å². The molecule has 6 heteroatoms. The van der Waals surface area contributed by atoms with E-state index in [1.165, 1.54) is 57.8 Å². The molecule has 0 aliphatic carbocycles. The maximum Gasteiger partial charge on any atom is 0.309 e. The van der Waals surface area contributed by atoms with E-state index in [1.807, 2.05) is 6.08 Å². The first-order valence-corrected chi connectivity index (χ1v) is 22.1. The van der Waals surface area contributed by atoms with E-state index in [0.717, 1.165) is 89.9 Å². The Bertz CT molecular complexity index is 1110. The number of hydrogen-bond donors (Lipinski definition) is 0. The Balaban J connectivity index is 4.48. The maximum atomic E-state index is 12.7. The molecule has 0 N–H and O–H groups in total. The Morgan fingerprint density at radius 2 is 0.782 bits per heavy atom. The molecule has 0 aliphatic heterocycles. The molecule has 312 valence electrons. The van der Waals surface area contributed by atoms with Crippen LogP contribution in [0.1, 0.15) is 188 Å². The van der Waals surface area contributed by atoms with E-state index in [9.17, 15) is 14.4 Å². The van der Waals surface area contributed by atoms with Gasteiger partial charge in [0.1, 0.15) is 13.2 Å². The van der Waals surface area contributed by atoms with Gasteiger partial charge in [0, 0.05) is 12.8 Å². The molecule has 0 amide bonds. The molecule has 0 aliphatic rings. The second-order valence-electron chi connectivity index (χ2n) is 14.2. The molecule has 55 heavy (non-hydrogen) atoms. The molecule has 0 spiro atoms. The Morgan fingerprint density at radius 1 is 0.400 bits per heavy atom. The van der Waals surface area contributed by atoms with Crippen molar-refractivity contribution >= 4 is 17.9 Å². The predicted molar refractivity (Wildman–Crippen MR) is 233 cm³/mol. The van der Waals surface area contributed by atoms with Crippen LogP contribution in [0, 0.1) is 0 Å². The van der Waals surface area contributed by atoms with E-state index in [1.54, 1.807) is 6.08 Å². The zero-order valence-electron chi connectivity index (χ0n) is 35.4. The van der Waals surface area contributed by atoms with Gasteiger partial charge in [-0.3, -0.25) is 14.4 Å². The summed E-state index contributed by atoms with van der Waals surface area (Å²) in [5, 5.41) is 0. The molecule has 6 nitrogen and oxygen atoms in total. The van der Waals surface area contributed by atoms with Gasteiger partial charge in [-0.1, -0.05) is 183 Å². The van der Waals surface area contributed by atoms with Gasteiger partial charge in [0.15, 0.2) is 6.10 Å². The molecule has 0 aromatic heterocycles. The van der Waals surface area contributed by atoms with Crippen molar-refractivity contribution in [2.75, 3.05) is 13.2 Å². The second-order valence-corrected chi connectivity index (χ2v) is 14.2. The van der Waals surface area contributed by atoms with Crippen LogP contribution in [0.5, 0.6) is 0 Å². The van der Waals surface area contributed by atoms with Crippen LogP contribution in [0.4, 0.5) is 0 Å². The van der Waals surface area contributed by atoms with Crippen LogP contribution in [0.3, 0.4) is 0 Å². The highest BCUT2D eigenvalue weighted by molar-refractivity contribution is 5.72. The molecular formula is C49H80O6. The summed E-state index contributed by atoms with van der Waals surface area (Å²) in [7, 11) is 0. The first-order valence-electron chi connectivity index (χ1n) is 22.1. The first-order chi connectivity index (χ1) is 27.0. The summed E-state index contributed by atoms with van der Waals surface area (Å²) >= 11 is 0. The lowest BCUT2D eigenvalue weighted by atomic mass is 10.0. The Kier molecular flexibility index (Phi) is 40.6. The highest BCUT2D eigenvalue weighted by atomic mass is 16.6. The lowest BCUT2D eigenvalue weighted by molar-refractivity contribution is -0.166. The molecule has 0 rings (SSSR count). The summed E-state index contributed by atoms with van der Waals surface area (Å²) in [4.78, 5) is 37.6. The van der Waals surface area contributed by atoms with E-state index in [0.29, 0.717) is 12.8 Å². The minimum absolute atomic E-state index is 0.120. The van der Waals surface area contributed by atoms with Gasteiger partial charge >= 0.3 is 17.9 Å². The normalized spacial score (nSPS) is 12.9. The fourth-order valence-corrected chi connectivity index (χ4v) is 5.67. The van der Waals surface area contributed by atoms with Crippen molar-refractivity contribution in [1.29, 1.82) is 0 Å². The van der Waals surface area contributed by atoms with Gasteiger partial charge in [0.2, 0.25) is 0 Å². The number of hydrogen-bond acceptors (Lipinski definition) is 6.